The van der Waals surface area contributed by atoms with Gasteiger partial charge in [0.2, 0.25) is 0 Å². The molecule has 0 aliphatic carbocycles. The van der Waals surface area contributed by atoms with Gasteiger partial charge in [0.1, 0.15) is 0 Å². The zero-order valence-electron chi connectivity index (χ0n) is 23.9. The van der Waals surface area contributed by atoms with Gasteiger partial charge in [-0.25, -0.2) is 0 Å². The lowest BCUT2D eigenvalue weighted by Crippen LogP contribution is -1.96. The molecule has 2 aromatic heterocycles. The number of fused-ring (bicyclic) bond motifs is 5. The summed E-state index contributed by atoms with van der Waals surface area (Å²) in [5, 5.41) is 11.7. The molecule has 44 heavy (non-hydrogen) atoms. The van der Waals surface area contributed by atoms with Crippen LogP contribution in [0.15, 0.2) is 158 Å². The van der Waals surface area contributed by atoms with E-state index in [-0.39, 0.29) is 0 Å². The Labute approximate surface area is 254 Å². The standard InChI is InChI=1S/C42H26N2/c1-2-11-31(12-3-1)43-25-24-37-38(43)23-22-36-34-14-4-5-15-39(34)44(42(36)37)32-13-7-10-30(26-32)33-20-18-29-17-16-27-8-6-9-28-19-21-35(33)41(29)40(27)28/h1-26H. The fraction of sp³-hybridized carbons (Fsp3) is 0. The van der Waals surface area contributed by atoms with Crippen LogP contribution >= 0.6 is 0 Å². The number of hydrogen-bond acceptors (Lipinski definition) is 0. The summed E-state index contributed by atoms with van der Waals surface area (Å²) in [6.45, 7) is 0. The van der Waals surface area contributed by atoms with Gasteiger partial charge in [0, 0.05) is 33.7 Å². The minimum atomic E-state index is 1.17. The Morgan fingerprint density at radius 2 is 1.09 bits per heavy atom. The average Bonchev–Trinajstić information content (AvgIpc) is 3.67. The third-order valence-electron chi connectivity index (χ3n) is 9.48. The maximum absolute atomic E-state index is 2.46. The highest BCUT2D eigenvalue weighted by atomic mass is 15.0. The summed E-state index contributed by atoms with van der Waals surface area (Å²) in [6, 6.07) is 55.6. The third kappa shape index (κ3) is 3.20. The average molecular weight is 559 g/mol. The van der Waals surface area contributed by atoms with Crippen molar-refractivity contribution in [3.63, 3.8) is 0 Å². The molecule has 0 amide bonds. The van der Waals surface area contributed by atoms with E-state index in [1.165, 1.54) is 87.5 Å². The zero-order valence-corrected chi connectivity index (χ0v) is 23.9. The van der Waals surface area contributed by atoms with Crippen molar-refractivity contribution in [1.82, 2.24) is 9.13 Å². The van der Waals surface area contributed by atoms with E-state index in [1.807, 2.05) is 0 Å². The smallest absolute Gasteiger partial charge is 0.0635 e. The predicted octanol–water partition coefficient (Wildman–Crippen LogP) is 11.3. The van der Waals surface area contributed by atoms with Gasteiger partial charge >= 0.3 is 0 Å². The molecule has 0 spiro atoms. The topological polar surface area (TPSA) is 9.86 Å². The fourth-order valence-electron chi connectivity index (χ4n) is 7.56. The molecule has 0 aliphatic rings. The van der Waals surface area contributed by atoms with Crippen LogP contribution in [0.1, 0.15) is 0 Å². The number of benzene rings is 8. The van der Waals surface area contributed by atoms with Gasteiger partial charge in [0.25, 0.3) is 0 Å². The van der Waals surface area contributed by atoms with E-state index in [9.17, 15) is 0 Å². The lowest BCUT2D eigenvalue weighted by atomic mass is 9.90. The van der Waals surface area contributed by atoms with E-state index >= 15 is 0 Å². The van der Waals surface area contributed by atoms with Crippen molar-refractivity contribution in [2.75, 3.05) is 0 Å². The molecule has 0 aliphatic heterocycles. The minimum absolute atomic E-state index is 1.17. The number of aromatic nitrogens is 2. The third-order valence-corrected chi connectivity index (χ3v) is 9.48. The van der Waals surface area contributed by atoms with E-state index < -0.39 is 0 Å². The highest BCUT2D eigenvalue weighted by molar-refractivity contribution is 6.25. The highest BCUT2D eigenvalue weighted by Crippen LogP contribution is 2.41. The van der Waals surface area contributed by atoms with Crippen LogP contribution in [0.2, 0.25) is 0 Å². The molecule has 0 atom stereocenters. The first-order valence-corrected chi connectivity index (χ1v) is 15.2. The van der Waals surface area contributed by atoms with Gasteiger partial charge < -0.3 is 9.13 Å². The number of hydrogen-bond donors (Lipinski definition) is 0. The van der Waals surface area contributed by atoms with Crippen molar-refractivity contribution in [3.8, 4) is 22.5 Å². The summed E-state index contributed by atoms with van der Waals surface area (Å²) in [7, 11) is 0. The van der Waals surface area contributed by atoms with E-state index in [4.69, 9.17) is 0 Å². The first-order valence-electron chi connectivity index (χ1n) is 15.2. The van der Waals surface area contributed by atoms with Crippen molar-refractivity contribution in [1.29, 1.82) is 0 Å². The van der Waals surface area contributed by atoms with E-state index in [0.717, 1.165) is 0 Å². The molecule has 0 saturated carbocycles. The molecule has 204 valence electrons. The van der Waals surface area contributed by atoms with Crippen LogP contribution in [0.4, 0.5) is 0 Å². The molecule has 0 fully saturated rings. The number of nitrogens with zero attached hydrogens (tertiary/aromatic N) is 2. The van der Waals surface area contributed by atoms with Crippen molar-refractivity contribution in [2.24, 2.45) is 0 Å². The molecule has 10 rings (SSSR count). The Balaban J connectivity index is 1.25. The molecule has 2 nitrogen and oxygen atoms in total. The van der Waals surface area contributed by atoms with Gasteiger partial charge in [-0.2, -0.15) is 0 Å². The second-order valence-corrected chi connectivity index (χ2v) is 11.8. The Hall–Kier alpha value is -5.86. The van der Waals surface area contributed by atoms with Crippen LogP contribution in [0.25, 0.3) is 87.5 Å². The predicted molar refractivity (Wildman–Crippen MR) is 187 cm³/mol. The van der Waals surface area contributed by atoms with Crippen LogP contribution in [0.3, 0.4) is 0 Å². The van der Waals surface area contributed by atoms with E-state index in [2.05, 4.69) is 167 Å². The second kappa shape index (κ2) is 8.82. The van der Waals surface area contributed by atoms with Crippen molar-refractivity contribution in [3.05, 3.63) is 158 Å². The van der Waals surface area contributed by atoms with Gasteiger partial charge in [-0.1, -0.05) is 109 Å². The Morgan fingerprint density at radius 3 is 1.98 bits per heavy atom. The van der Waals surface area contributed by atoms with Crippen LogP contribution < -0.4 is 0 Å². The largest absolute Gasteiger partial charge is 0.316 e. The SMILES string of the molecule is c1ccc(-n2ccc3c2ccc2c4ccccc4n(-c4cccc(-c5ccc6ccc7cccc8ccc5c6c78)c4)c23)cc1. The number of rotatable bonds is 3. The summed E-state index contributed by atoms with van der Waals surface area (Å²) in [5.41, 5.74) is 8.48. The highest BCUT2D eigenvalue weighted by Gasteiger charge is 2.18. The van der Waals surface area contributed by atoms with Crippen LogP contribution in [0.5, 0.6) is 0 Å². The Kier molecular flexibility index (Phi) is 4.75. The molecule has 0 N–H and O–H groups in total. The van der Waals surface area contributed by atoms with Crippen molar-refractivity contribution >= 4 is 65.0 Å². The van der Waals surface area contributed by atoms with Crippen LogP contribution in [-0.4, -0.2) is 9.13 Å². The summed E-state index contributed by atoms with van der Waals surface area (Å²) in [4.78, 5) is 0. The van der Waals surface area contributed by atoms with Gasteiger partial charge in [-0.3, -0.25) is 0 Å². The van der Waals surface area contributed by atoms with Crippen molar-refractivity contribution < 1.29 is 0 Å². The first-order chi connectivity index (χ1) is 21.8. The molecule has 0 unspecified atom stereocenters. The summed E-state index contributed by atoms with van der Waals surface area (Å²) < 4.78 is 4.75. The maximum Gasteiger partial charge on any atom is 0.0635 e. The molecule has 8 aromatic carbocycles. The summed E-state index contributed by atoms with van der Waals surface area (Å²) in [6.07, 6.45) is 2.20. The molecule has 2 heterocycles. The first kappa shape index (κ1) is 23.7. The van der Waals surface area contributed by atoms with Crippen LogP contribution in [0, 0.1) is 0 Å². The molecular formula is C42H26N2. The molecule has 0 bridgehead atoms. The van der Waals surface area contributed by atoms with Gasteiger partial charge in [0.15, 0.2) is 0 Å². The van der Waals surface area contributed by atoms with Gasteiger partial charge in [0.05, 0.1) is 16.6 Å². The Morgan fingerprint density at radius 1 is 0.386 bits per heavy atom. The van der Waals surface area contributed by atoms with Crippen LogP contribution in [-0.2, 0) is 0 Å². The summed E-state index contributed by atoms with van der Waals surface area (Å²) >= 11 is 0. The van der Waals surface area contributed by atoms with Gasteiger partial charge in [-0.15, -0.1) is 0 Å². The Bertz CT molecular complexity index is 2690. The lowest BCUT2D eigenvalue weighted by Gasteiger charge is -2.15. The number of para-hydroxylation sites is 2. The molecular weight excluding hydrogens is 532 g/mol. The maximum atomic E-state index is 2.46. The second-order valence-electron chi connectivity index (χ2n) is 11.8. The quantitative estimate of drug-likeness (QED) is 0.191. The molecule has 10 aromatic rings. The van der Waals surface area contributed by atoms with E-state index in [0.29, 0.717) is 0 Å². The summed E-state index contributed by atoms with van der Waals surface area (Å²) in [5.74, 6) is 0. The monoisotopic (exact) mass is 558 g/mol. The lowest BCUT2D eigenvalue weighted by molar-refractivity contribution is 1.13. The molecule has 0 radical (unpaired) electrons. The van der Waals surface area contributed by atoms with Crippen molar-refractivity contribution in [2.45, 2.75) is 0 Å². The van der Waals surface area contributed by atoms with Gasteiger partial charge in [-0.05, 0) is 85.9 Å². The molecule has 2 heteroatoms. The molecule has 0 saturated heterocycles. The van der Waals surface area contributed by atoms with E-state index in [1.54, 1.807) is 0 Å². The zero-order chi connectivity index (χ0) is 28.8. The fourth-order valence-corrected chi connectivity index (χ4v) is 7.56. The normalized spacial score (nSPS) is 12.1. The minimum Gasteiger partial charge on any atom is -0.316 e.